The van der Waals surface area contributed by atoms with Crippen molar-refractivity contribution in [2.24, 2.45) is 0 Å². The van der Waals surface area contributed by atoms with E-state index in [0.717, 1.165) is 11.3 Å². The summed E-state index contributed by atoms with van der Waals surface area (Å²) < 4.78 is 5.65. The van der Waals surface area contributed by atoms with Gasteiger partial charge in [-0.25, -0.2) is 0 Å². The van der Waals surface area contributed by atoms with Gasteiger partial charge < -0.3 is 4.74 Å². The third-order valence-corrected chi connectivity index (χ3v) is 2.34. The number of para-hydroxylation sites is 2. The first-order chi connectivity index (χ1) is 7.27. The highest BCUT2D eigenvalue weighted by Crippen LogP contribution is 2.30. The van der Waals surface area contributed by atoms with Crippen molar-refractivity contribution < 1.29 is 4.74 Å². The van der Waals surface area contributed by atoms with Crippen molar-refractivity contribution in [2.45, 2.75) is 0 Å². The normalized spacial score (nSPS) is 10.0. The molecule has 75 valence electrons. The maximum absolute atomic E-state index is 5.98. The molecule has 2 heteroatoms. The van der Waals surface area contributed by atoms with Crippen LogP contribution in [0.4, 0.5) is 0 Å². The molecular weight excluding hydrogens is 208 g/mol. The summed E-state index contributed by atoms with van der Waals surface area (Å²) >= 11 is 5.98. The molecular formula is C13H10ClO. The second kappa shape index (κ2) is 4.37. The molecule has 0 aliphatic carbocycles. The summed E-state index contributed by atoms with van der Waals surface area (Å²) in [5.74, 6) is 1.38. The van der Waals surface area contributed by atoms with Crippen LogP contribution in [0.25, 0.3) is 0 Å². The molecule has 0 fully saturated rings. The fourth-order valence-corrected chi connectivity index (χ4v) is 1.42. The third kappa shape index (κ3) is 2.31. The van der Waals surface area contributed by atoms with Gasteiger partial charge in [0, 0.05) is 0 Å². The minimum atomic E-state index is 0.598. The topological polar surface area (TPSA) is 9.23 Å². The van der Waals surface area contributed by atoms with E-state index < -0.39 is 0 Å². The Hall–Kier alpha value is -1.47. The molecule has 1 nitrogen and oxygen atoms in total. The van der Waals surface area contributed by atoms with Gasteiger partial charge in [0.25, 0.3) is 0 Å². The highest BCUT2D eigenvalue weighted by molar-refractivity contribution is 6.32. The molecule has 2 rings (SSSR count). The van der Waals surface area contributed by atoms with Crippen LogP contribution in [0, 0.1) is 6.92 Å². The van der Waals surface area contributed by atoms with E-state index in [2.05, 4.69) is 6.92 Å². The molecule has 15 heavy (non-hydrogen) atoms. The first kappa shape index (κ1) is 10.1. The Balaban J connectivity index is 2.30. The summed E-state index contributed by atoms with van der Waals surface area (Å²) in [4.78, 5) is 0. The van der Waals surface area contributed by atoms with Gasteiger partial charge in [-0.3, -0.25) is 0 Å². The number of benzene rings is 2. The highest BCUT2D eigenvalue weighted by atomic mass is 35.5. The highest BCUT2D eigenvalue weighted by Gasteiger charge is 2.03. The number of halogens is 1. The lowest BCUT2D eigenvalue weighted by atomic mass is 10.2. The summed E-state index contributed by atoms with van der Waals surface area (Å²) in [6.07, 6.45) is 0. The molecule has 2 aromatic rings. The summed E-state index contributed by atoms with van der Waals surface area (Å²) in [6, 6.07) is 15.0. The van der Waals surface area contributed by atoms with Crippen LogP contribution in [0.1, 0.15) is 5.56 Å². The van der Waals surface area contributed by atoms with Crippen LogP contribution in [-0.2, 0) is 0 Å². The molecule has 2 aromatic carbocycles. The Morgan fingerprint density at radius 3 is 2.13 bits per heavy atom. The van der Waals surface area contributed by atoms with Crippen molar-refractivity contribution >= 4 is 11.6 Å². The Kier molecular flexibility index (Phi) is 2.93. The molecule has 0 bridgehead atoms. The van der Waals surface area contributed by atoms with Crippen LogP contribution in [0.3, 0.4) is 0 Å². The molecule has 0 spiro atoms. The monoisotopic (exact) mass is 217 g/mol. The van der Waals surface area contributed by atoms with E-state index in [1.54, 1.807) is 6.07 Å². The maximum atomic E-state index is 5.98. The predicted octanol–water partition coefficient (Wildman–Crippen LogP) is 4.31. The maximum Gasteiger partial charge on any atom is 0.146 e. The van der Waals surface area contributed by atoms with E-state index in [-0.39, 0.29) is 0 Å². The van der Waals surface area contributed by atoms with Gasteiger partial charge in [-0.15, -0.1) is 0 Å². The number of hydrogen-bond acceptors (Lipinski definition) is 1. The van der Waals surface area contributed by atoms with Crippen molar-refractivity contribution in [3.63, 3.8) is 0 Å². The van der Waals surface area contributed by atoms with Crippen LogP contribution >= 0.6 is 11.6 Å². The van der Waals surface area contributed by atoms with Crippen molar-refractivity contribution in [1.82, 2.24) is 0 Å². The summed E-state index contributed by atoms with van der Waals surface area (Å²) in [5.41, 5.74) is 0.845. The van der Waals surface area contributed by atoms with E-state index in [0.29, 0.717) is 10.8 Å². The van der Waals surface area contributed by atoms with Gasteiger partial charge in [0.2, 0.25) is 0 Å². The zero-order chi connectivity index (χ0) is 10.7. The molecule has 0 aliphatic heterocycles. The van der Waals surface area contributed by atoms with Crippen molar-refractivity contribution in [3.8, 4) is 11.5 Å². The van der Waals surface area contributed by atoms with Crippen LogP contribution < -0.4 is 4.74 Å². The lowest BCUT2D eigenvalue weighted by molar-refractivity contribution is 0.481. The van der Waals surface area contributed by atoms with Crippen LogP contribution in [0.15, 0.2) is 48.5 Å². The van der Waals surface area contributed by atoms with Crippen LogP contribution in [0.2, 0.25) is 5.02 Å². The molecule has 0 unspecified atom stereocenters. The molecule has 0 saturated carbocycles. The molecule has 0 atom stereocenters. The van der Waals surface area contributed by atoms with E-state index in [1.807, 2.05) is 42.5 Å². The lowest BCUT2D eigenvalue weighted by Gasteiger charge is -2.09. The summed E-state index contributed by atoms with van der Waals surface area (Å²) in [5, 5.41) is 0.598. The number of ether oxygens (including phenoxy) is 1. The number of rotatable bonds is 2. The van der Waals surface area contributed by atoms with E-state index >= 15 is 0 Å². The minimum absolute atomic E-state index is 0.598. The first-order valence-corrected chi connectivity index (χ1v) is 4.98. The average molecular weight is 218 g/mol. The van der Waals surface area contributed by atoms with Crippen molar-refractivity contribution in [1.29, 1.82) is 0 Å². The van der Waals surface area contributed by atoms with Gasteiger partial charge in [0.05, 0.1) is 5.02 Å². The van der Waals surface area contributed by atoms with E-state index in [1.165, 1.54) is 0 Å². The zero-order valence-corrected chi connectivity index (χ0v) is 8.87. The van der Waals surface area contributed by atoms with Gasteiger partial charge in [0.1, 0.15) is 11.5 Å². The van der Waals surface area contributed by atoms with Gasteiger partial charge in [0.15, 0.2) is 0 Å². The van der Waals surface area contributed by atoms with Gasteiger partial charge >= 0.3 is 0 Å². The van der Waals surface area contributed by atoms with E-state index in [4.69, 9.17) is 16.3 Å². The quantitative estimate of drug-likeness (QED) is 0.728. The summed E-state index contributed by atoms with van der Waals surface area (Å²) in [6.45, 7) is 3.88. The molecule has 0 N–H and O–H groups in total. The van der Waals surface area contributed by atoms with Crippen molar-refractivity contribution in [3.05, 3.63) is 66.0 Å². The molecule has 0 aromatic heterocycles. The molecule has 1 radical (unpaired) electrons. The van der Waals surface area contributed by atoms with Gasteiger partial charge in [-0.05, 0) is 30.7 Å². The lowest BCUT2D eigenvalue weighted by Crippen LogP contribution is -1.87. The van der Waals surface area contributed by atoms with Gasteiger partial charge in [-0.1, -0.05) is 41.9 Å². The largest absolute Gasteiger partial charge is 0.456 e. The molecule has 0 aliphatic rings. The van der Waals surface area contributed by atoms with Crippen LogP contribution in [-0.4, -0.2) is 0 Å². The minimum Gasteiger partial charge on any atom is -0.456 e. The SMILES string of the molecule is [CH2]c1ccccc1Oc1ccccc1Cl. The Morgan fingerprint density at radius 1 is 0.867 bits per heavy atom. The second-order valence-electron chi connectivity index (χ2n) is 3.14. The summed E-state index contributed by atoms with van der Waals surface area (Å²) in [7, 11) is 0. The second-order valence-corrected chi connectivity index (χ2v) is 3.55. The standard InChI is InChI=1S/C13H10ClO/c1-10-6-2-4-8-12(10)15-13-9-5-3-7-11(13)14/h2-9H,1H2. The smallest absolute Gasteiger partial charge is 0.146 e. The molecule has 0 heterocycles. The van der Waals surface area contributed by atoms with E-state index in [9.17, 15) is 0 Å². The third-order valence-electron chi connectivity index (χ3n) is 2.03. The Labute approximate surface area is 94.3 Å². The first-order valence-electron chi connectivity index (χ1n) is 4.61. The Morgan fingerprint density at radius 2 is 1.47 bits per heavy atom. The number of hydrogen-bond donors (Lipinski definition) is 0. The predicted molar refractivity (Wildman–Crippen MR) is 62.4 cm³/mol. The van der Waals surface area contributed by atoms with Crippen LogP contribution in [0.5, 0.6) is 11.5 Å². The Bertz CT molecular complexity index is 422. The van der Waals surface area contributed by atoms with Gasteiger partial charge in [-0.2, -0.15) is 0 Å². The molecule has 0 amide bonds. The zero-order valence-electron chi connectivity index (χ0n) is 8.11. The average Bonchev–Trinajstić information content (AvgIpc) is 2.24. The fourth-order valence-electron chi connectivity index (χ4n) is 1.25. The van der Waals surface area contributed by atoms with Crippen molar-refractivity contribution in [2.75, 3.05) is 0 Å². The fraction of sp³-hybridized carbons (Fsp3) is 0. The molecule has 0 saturated heterocycles.